The van der Waals surface area contributed by atoms with E-state index in [2.05, 4.69) is 23.3 Å². The number of benzene rings is 1. The minimum absolute atomic E-state index is 0.216. The third kappa shape index (κ3) is 5.10. The number of hydrogen-bond donors (Lipinski definition) is 1. The number of hydrogen-bond acceptors (Lipinski definition) is 2. The van der Waals surface area contributed by atoms with Crippen LogP contribution in [0.3, 0.4) is 0 Å². The quantitative estimate of drug-likeness (QED) is 0.835. The SMILES string of the molecule is CCCNC(Cc1cccnc1)Cc1cc(F)ccc1Cl. The summed E-state index contributed by atoms with van der Waals surface area (Å²) in [5.41, 5.74) is 2.01. The van der Waals surface area contributed by atoms with Gasteiger partial charge in [-0.2, -0.15) is 0 Å². The van der Waals surface area contributed by atoms with Gasteiger partial charge in [-0.1, -0.05) is 24.6 Å². The molecule has 0 fully saturated rings. The Morgan fingerprint density at radius 3 is 2.86 bits per heavy atom. The van der Waals surface area contributed by atoms with Gasteiger partial charge in [0, 0.05) is 23.5 Å². The van der Waals surface area contributed by atoms with Gasteiger partial charge >= 0.3 is 0 Å². The molecule has 112 valence electrons. The molecule has 0 bridgehead atoms. The van der Waals surface area contributed by atoms with Crippen molar-refractivity contribution in [2.24, 2.45) is 0 Å². The Labute approximate surface area is 130 Å². The van der Waals surface area contributed by atoms with Crippen molar-refractivity contribution in [3.63, 3.8) is 0 Å². The van der Waals surface area contributed by atoms with Crippen LogP contribution in [0.2, 0.25) is 5.02 Å². The minimum Gasteiger partial charge on any atom is -0.313 e. The number of halogens is 2. The molecule has 0 amide bonds. The summed E-state index contributed by atoms with van der Waals surface area (Å²) in [5.74, 6) is -0.245. The summed E-state index contributed by atoms with van der Waals surface area (Å²) in [6, 6.07) is 8.73. The van der Waals surface area contributed by atoms with Crippen molar-refractivity contribution in [1.82, 2.24) is 10.3 Å². The Hall–Kier alpha value is -1.45. The number of aromatic nitrogens is 1. The molecule has 1 aromatic heterocycles. The number of pyridine rings is 1. The molecule has 0 radical (unpaired) electrons. The molecule has 0 saturated carbocycles. The smallest absolute Gasteiger partial charge is 0.123 e. The van der Waals surface area contributed by atoms with E-state index in [1.807, 2.05) is 12.3 Å². The van der Waals surface area contributed by atoms with E-state index in [1.165, 1.54) is 17.7 Å². The van der Waals surface area contributed by atoms with Gasteiger partial charge in [0.05, 0.1) is 0 Å². The Bertz CT molecular complexity index is 560. The standard InChI is InChI=1S/C17H20ClFN2/c1-2-7-21-16(9-13-4-3-8-20-12-13)11-14-10-15(19)5-6-17(14)18/h3-6,8,10,12,16,21H,2,7,9,11H2,1H3. The lowest BCUT2D eigenvalue weighted by molar-refractivity contribution is 0.503. The molecule has 1 unspecified atom stereocenters. The van der Waals surface area contributed by atoms with Crippen molar-refractivity contribution < 1.29 is 4.39 Å². The molecule has 2 aromatic rings. The van der Waals surface area contributed by atoms with Gasteiger partial charge in [-0.15, -0.1) is 0 Å². The zero-order valence-corrected chi connectivity index (χ0v) is 12.9. The summed E-state index contributed by atoms with van der Waals surface area (Å²) in [5, 5.41) is 4.12. The fraction of sp³-hybridized carbons (Fsp3) is 0.353. The molecule has 1 aromatic carbocycles. The molecule has 2 nitrogen and oxygen atoms in total. The van der Waals surface area contributed by atoms with Gasteiger partial charge in [-0.25, -0.2) is 4.39 Å². The van der Waals surface area contributed by atoms with E-state index < -0.39 is 0 Å². The van der Waals surface area contributed by atoms with Crippen LogP contribution in [0.1, 0.15) is 24.5 Å². The summed E-state index contributed by atoms with van der Waals surface area (Å²) in [4.78, 5) is 4.14. The predicted octanol–water partition coefficient (Wildman–Crippen LogP) is 4.03. The van der Waals surface area contributed by atoms with Crippen molar-refractivity contribution in [1.29, 1.82) is 0 Å². The van der Waals surface area contributed by atoms with Crippen LogP contribution in [-0.2, 0) is 12.8 Å². The molecule has 2 rings (SSSR count). The first kappa shape index (κ1) is 15.9. The number of nitrogens with one attached hydrogen (secondary N) is 1. The van der Waals surface area contributed by atoms with Crippen LogP contribution in [0.5, 0.6) is 0 Å². The molecule has 0 saturated heterocycles. The lowest BCUT2D eigenvalue weighted by Crippen LogP contribution is -2.34. The molecule has 0 aliphatic rings. The highest BCUT2D eigenvalue weighted by molar-refractivity contribution is 6.31. The molecule has 1 heterocycles. The zero-order valence-electron chi connectivity index (χ0n) is 12.2. The van der Waals surface area contributed by atoms with Gasteiger partial charge < -0.3 is 5.32 Å². The van der Waals surface area contributed by atoms with Crippen molar-refractivity contribution in [2.45, 2.75) is 32.2 Å². The maximum Gasteiger partial charge on any atom is 0.123 e. The second kappa shape index (κ2) is 8.11. The van der Waals surface area contributed by atoms with Crippen LogP contribution >= 0.6 is 11.6 Å². The molecule has 0 spiro atoms. The summed E-state index contributed by atoms with van der Waals surface area (Å²) in [6.45, 7) is 3.06. The fourth-order valence-electron chi connectivity index (χ4n) is 2.33. The highest BCUT2D eigenvalue weighted by Crippen LogP contribution is 2.19. The number of nitrogens with zero attached hydrogens (tertiary/aromatic N) is 1. The first-order chi connectivity index (χ1) is 10.2. The summed E-state index contributed by atoms with van der Waals surface area (Å²) in [6.07, 6.45) is 6.24. The lowest BCUT2D eigenvalue weighted by atomic mass is 9.99. The van der Waals surface area contributed by atoms with Gasteiger partial charge in [0.1, 0.15) is 5.82 Å². The van der Waals surface area contributed by atoms with Crippen LogP contribution in [-0.4, -0.2) is 17.6 Å². The molecule has 1 N–H and O–H groups in total. The van der Waals surface area contributed by atoms with Crippen LogP contribution in [0, 0.1) is 5.82 Å². The minimum atomic E-state index is -0.245. The molecule has 0 aliphatic heterocycles. The first-order valence-corrected chi connectivity index (χ1v) is 7.63. The monoisotopic (exact) mass is 306 g/mol. The van der Waals surface area contributed by atoms with E-state index in [-0.39, 0.29) is 11.9 Å². The average Bonchev–Trinajstić information content (AvgIpc) is 2.49. The van der Waals surface area contributed by atoms with E-state index in [9.17, 15) is 4.39 Å². The molecular formula is C17H20ClFN2. The largest absolute Gasteiger partial charge is 0.313 e. The molecule has 4 heteroatoms. The second-order valence-electron chi connectivity index (χ2n) is 5.16. The number of rotatable bonds is 7. The van der Waals surface area contributed by atoms with Gasteiger partial charge in [0.15, 0.2) is 0 Å². The Kier molecular flexibility index (Phi) is 6.15. The average molecular weight is 307 g/mol. The molecule has 21 heavy (non-hydrogen) atoms. The van der Waals surface area contributed by atoms with Gasteiger partial charge in [0.25, 0.3) is 0 Å². The highest BCUT2D eigenvalue weighted by Gasteiger charge is 2.13. The summed E-state index contributed by atoms with van der Waals surface area (Å²) < 4.78 is 13.4. The molecule has 1 atom stereocenters. The van der Waals surface area contributed by atoms with E-state index in [0.717, 1.165) is 24.9 Å². The maximum atomic E-state index is 13.4. The highest BCUT2D eigenvalue weighted by atomic mass is 35.5. The maximum absolute atomic E-state index is 13.4. The summed E-state index contributed by atoms with van der Waals surface area (Å²) >= 11 is 6.17. The summed E-state index contributed by atoms with van der Waals surface area (Å²) in [7, 11) is 0. The third-order valence-electron chi connectivity index (χ3n) is 3.36. The van der Waals surface area contributed by atoms with Crippen molar-refractivity contribution in [2.75, 3.05) is 6.54 Å². The lowest BCUT2D eigenvalue weighted by Gasteiger charge is -2.19. The van der Waals surface area contributed by atoms with E-state index in [4.69, 9.17) is 11.6 Å². The predicted molar refractivity (Wildman–Crippen MR) is 85.1 cm³/mol. The third-order valence-corrected chi connectivity index (χ3v) is 3.73. The van der Waals surface area contributed by atoms with Crippen molar-refractivity contribution in [3.8, 4) is 0 Å². The Morgan fingerprint density at radius 1 is 1.29 bits per heavy atom. The van der Waals surface area contributed by atoms with Crippen molar-refractivity contribution in [3.05, 3.63) is 64.7 Å². The van der Waals surface area contributed by atoms with Crippen LogP contribution in [0.25, 0.3) is 0 Å². The van der Waals surface area contributed by atoms with E-state index in [1.54, 1.807) is 12.3 Å². The van der Waals surface area contributed by atoms with Crippen LogP contribution in [0.4, 0.5) is 4.39 Å². The zero-order chi connectivity index (χ0) is 15.1. The second-order valence-corrected chi connectivity index (χ2v) is 5.56. The Balaban J connectivity index is 2.10. The van der Waals surface area contributed by atoms with Crippen LogP contribution < -0.4 is 5.32 Å². The van der Waals surface area contributed by atoms with Gasteiger partial charge in [-0.05, 0) is 61.2 Å². The van der Waals surface area contributed by atoms with E-state index in [0.29, 0.717) is 11.4 Å². The van der Waals surface area contributed by atoms with E-state index >= 15 is 0 Å². The first-order valence-electron chi connectivity index (χ1n) is 7.25. The van der Waals surface area contributed by atoms with Gasteiger partial charge in [0.2, 0.25) is 0 Å². The van der Waals surface area contributed by atoms with Gasteiger partial charge in [-0.3, -0.25) is 4.98 Å². The molecular weight excluding hydrogens is 287 g/mol. The molecule has 0 aliphatic carbocycles. The van der Waals surface area contributed by atoms with Crippen molar-refractivity contribution >= 4 is 11.6 Å². The fourth-order valence-corrected chi connectivity index (χ4v) is 2.53. The Morgan fingerprint density at radius 2 is 2.14 bits per heavy atom. The topological polar surface area (TPSA) is 24.9 Å². The normalized spacial score (nSPS) is 12.3. The van der Waals surface area contributed by atoms with Crippen LogP contribution in [0.15, 0.2) is 42.7 Å².